The molecule has 4 rings (SSSR count). The van der Waals surface area contributed by atoms with Crippen molar-refractivity contribution in [3.63, 3.8) is 0 Å². The second-order valence-electron chi connectivity index (χ2n) is 7.07. The van der Waals surface area contributed by atoms with Gasteiger partial charge in [0.2, 0.25) is 0 Å². The number of nitrogens with two attached hydrogens (primary N) is 1. The Morgan fingerprint density at radius 1 is 1.19 bits per heavy atom. The number of pyridine rings is 1. The number of aliphatic hydroxyl groups is 2. The summed E-state index contributed by atoms with van der Waals surface area (Å²) in [5, 5.41) is 22.9. The third kappa shape index (κ3) is 4.20. The number of aromatic nitrogens is 3. The number of hydrogen-bond donors (Lipinski definition) is 4. The van der Waals surface area contributed by atoms with E-state index >= 15 is 0 Å². The fourth-order valence-electron chi connectivity index (χ4n) is 3.23. The van der Waals surface area contributed by atoms with Crippen LogP contribution in [0.1, 0.15) is 16.1 Å². The van der Waals surface area contributed by atoms with Crippen LogP contribution in [0.25, 0.3) is 17.1 Å². The van der Waals surface area contributed by atoms with Crippen LogP contribution >= 0.6 is 0 Å². The van der Waals surface area contributed by atoms with Crippen LogP contribution < -0.4 is 11.1 Å². The molecule has 1 amide bonds. The molecule has 1 aromatic carbocycles. The summed E-state index contributed by atoms with van der Waals surface area (Å²) in [6.07, 6.45) is 3.98. The zero-order chi connectivity index (χ0) is 22.7. The number of carbonyl (C=O) groups excluding carboxylic acids is 1. The number of rotatable bonds is 5. The number of hydrogen-bond acceptors (Lipinski definition) is 8. The third-order valence-electron chi connectivity index (χ3n) is 4.90. The molecule has 0 spiro atoms. The molecule has 0 bridgehead atoms. The summed E-state index contributed by atoms with van der Waals surface area (Å²) >= 11 is 0. The van der Waals surface area contributed by atoms with Crippen LogP contribution in [-0.2, 0) is 4.74 Å². The van der Waals surface area contributed by atoms with Crippen molar-refractivity contribution in [2.45, 2.75) is 18.3 Å². The summed E-state index contributed by atoms with van der Waals surface area (Å²) in [6.45, 7) is 3.62. The monoisotopic (exact) mass is 431 g/mol. The molecule has 0 unspecified atom stereocenters. The molecule has 1 aliphatic heterocycles. The normalized spacial score (nSPS) is 20.1. The van der Waals surface area contributed by atoms with Gasteiger partial charge in [0.25, 0.3) is 5.91 Å². The van der Waals surface area contributed by atoms with Crippen molar-refractivity contribution < 1.29 is 19.7 Å². The van der Waals surface area contributed by atoms with E-state index < -0.39 is 24.2 Å². The molecule has 0 radical (unpaired) electrons. The first-order valence-corrected chi connectivity index (χ1v) is 9.78. The number of nitrogens with one attached hydrogen (secondary N) is 1. The lowest BCUT2D eigenvalue weighted by molar-refractivity contribution is -0.0339. The van der Waals surface area contributed by atoms with Gasteiger partial charge in [0.1, 0.15) is 24.1 Å². The Morgan fingerprint density at radius 2 is 1.97 bits per heavy atom. The van der Waals surface area contributed by atoms with E-state index in [-0.39, 0.29) is 17.1 Å². The van der Waals surface area contributed by atoms with Gasteiger partial charge in [-0.1, -0.05) is 36.9 Å². The van der Waals surface area contributed by atoms with E-state index in [4.69, 9.17) is 10.5 Å². The lowest BCUT2D eigenvalue weighted by atomic mass is 10.0. The molecule has 2 aromatic heterocycles. The fraction of sp³-hybridized carbons (Fsp3) is 0.130. The number of aliphatic hydroxyl groups excluding tert-OH is 2. The van der Waals surface area contributed by atoms with Crippen molar-refractivity contribution in [2.75, 3.05) is 11.1 Å². The van der Waals surface area contributed by atoms with Crippen LogP contribution in [0, 0.1) is 0 Å². The molecule has 3 heterocycles. The van der Waals surface area contributed by atoms with E-state index in [2.05, 4.69) is 26.8 Å². The van der Waals surface area contributed by atoms with Crippen LogP contribution in [0.3, 0.4) is 0 Å². The number of nitrogens with zero attached hydrogens (tertiary/aromatic N) is 3. The van der Waals surface area contributed by atoms with Crippen LogP contribution in [0.15, 0.2) is 73.7 Å². The summed E-state index contributed by atoms with van der Waals surface area (Å²) in [4.78, 5) is 25.6. The molecule has 5 N–H and O–H groups in total. The van der Waals surface area contributed by atoms with Gasteiger partial charge in [-0.05, 0) is 18.2 Å². The Balaban J connectivity index is 1.65. The van der Waals surface area contributed by atoms with Crippen molar-refractivity contribution in [3.8, 4) is 11.4 Å². The van der Waals surface area contributed by atoms with Crippen LogP contribution in [0.4, 0.5) is 11.4 Å². The maximum Gasteiger partial charge on any atom is 0.276 e. The molecule has 0 saturated carbocycles. The highest BCUT2D eigenvalue weighted by molar-refractivity contribution is 6.07. The van der Waals surface area contributed by atoms with Gasteiger partial charge in [-0.3, -0.25) is 9.78 Å². The largest absolute Gasteiger partial charge is 0.483 e. The van der Waals surface area contributed by atoms with E-state index in [0.717, 1.165) is 5.56 Å². The number of amides is 1. The Labute approximate surface area is 183 Å². The van der Waals surface area contributed by atoms with E-state index in [1.54, 1.807) is 6.07 Å². The van der Waals surface area contributed by atoms with Gasteiger partial charge in [0.15, 0.2) is 11.5 Å². The summed E-state index contributed by atoms with van der Waals surface area (Å²) in [6, 6.07) is 10.8. The molecule has 3 atom stereocenters. The molecule has 0 fully saturated rings. The third-order valence-corrected chi connectivity index (χ3v) is 4.90. The minimum atomic E-state index is -1.16. The van der Waals surface area contributed by atoms with Crippen molar-refractivity contribution in [1.29, 1.82) is 0 Å². The first kappa shape index (κ1) is 21.2. The number of nitrogen functional groups attached to an aromatic ring is 1. The summed E-state index contributed by atoms with van der Waals surface area (Å²) < 4.78 is 5.74. The minimum absolute atomic E-state index is 0.00613. The van der Waals surface area contributed by atoms with E-state index in [1.807, 2.05) is 30.3 Å². The van der Waals surface area contributed by atoms with E-state index in [9.17, 15) is 15.0 Å². The van der Waals surface area contributed by atoms with Crippen molar-refractivity contribution in [3.05, 3.63) is 85.0 Å². The summed E-state index contributed by atoms with van der Waals surface area (Å²) in [5.74, 6) is 0.0697. The molecular weight excluding hydrogens is 410 g/mol. The second kappa shape index (κ2) is 8.96. The maximum absolute atomic E-state index is 13.0. The average Bonchev–Trinajstić information content (AvgIpc) is 2.82. The molecule has 32 heavy (non-hydrogen) atoms. The van der Waals surface area contributed by atoms with Gasteiger partial charge in [-0.15, -0.1) is 0 Å². The predicted molar refractivity (Wildman–Crippen MR) is 119 cm³/mol. The van der Waals surface area contributed by atoms with Crippen molar-refractivity contribution in [2.24, 2.45) is 0 Å². The maximum atomic E-state index is 13.0. The Hall–Kier alpha value is -4.08. The van der Waals surface area contributed by atoms with Crippen LogP contribution in [-0.4, -0.2) is 49.4 Å². The molecule has 9 nitrogen and oxygen atoms in total. The lowest BCUT2D eigenvalue weighted by Gasteiger charge is -2.30. The zero-order valence-electron chi connectivity index (χ0n) is 16.9. The highest BCUT2D eigenvalue weighted by Gasteiger charge is 2.31. The second-order valence-corrected chi connectivity index (χ2v) is 7.07. The van der Waals surface area contributed by atoms with Crippen LogP contribution in [0.5, 0.6) is 0 Å². The minimum Gasteiger partial charge on any atom is -0.483 e. The molecule has 1 aliphatic rings. The van der Waals surface area contributed by atoms with Crippen molar-refractivity contribution >= 4 is 23.0 Å². The quantitative estimate of drug-likeness (QED) is 0.449. The van der Waals surface area contributed by atoms with Crippen LogP contribution in [0.2, 0.25) is 0 Å². The fourth-order valence-corrected chi connectivity index (χ4v) is 3.23. The first-order valence-electron chi connectivity index (χ1n) is 9.78. The topological polar surface area (TPSA) is 143 Å². The Morgan fingerprint density at radius 3 is 2.72 bits per heavy atom. The van der Waals surface area contributed by atoms with Gasteiger partial charge in [0.05, 0.1) is 23.8 Å². The molecular formula is C23H21N5O4. The van der Waals surface area contributed by atoms with Crippen molar-refractivity contribution in [1.82, 2.24) is 15.0 Å². The number of ether oxygens (including phenoxy) is 1. The van der Waals surface area contributed by atoms with E-state index in [0.29, 0.717) is 17.1 Å². The number of benzene rings is 1. The van der Waals surface area contributed by atoms with E-state index in [1.165, 1.54) is 30.7 Å². The summed E-state index contributed by atoms with van der Waals surface area (Å²) in [5.41, 5.74) is 7.60. The molecule has 162 valence electrons. The van der Waals surface area contributed by atoms with Gasteiger partial charge >= 0.3 is 0 Å². The standard InChI is InChI=1S/C23H21N5O4/c1-2-18-21(30)17(29)10-19(32-18)14-8-9-25-12-16(14)27-23(31)20-15(24)11-26-22(28-20)13-6-4-3-5-7-13/h2-12,17-18,21,29-30H,1,24H2,(H,27,31)/t17-,18-,21+/m1/s1. The first-order chi connectivity index (χ1) is 15.5. The SMILES string of the molecule is C=C[C@H]1OC(c2ccncc2NC(=O)c2nc(-c3ccccc3)ncc2N)=C[C@@H](O)[C@@H]1O. The van der Waals surface area contributed by atoms with Gasteiger partial charge < -0.3 is 26.0 Å². The Kier molecular flexibility index (Phi) is 5.93. The average molecular weight is 431 g/mol. The zero-order valence-corrected chi connectivity index (χ0v) is 16.9. The molecule has 0 saturated heterocycles. The number of carbonyl (C=O) groups is 1. The van der Waals surface area contributed by atoms with Gasteiger partial charge in [-0.25, -0.2) is 9.97 Å². The highest BCUT2D eigenvalue weighted by atomic mass is 16.5. The molecule has 3 aromatic rings. The predicted octanol–water partition coefficient (Wildman–Crippen LogP) is 2.02. The number of anilines is 2. The molecule has 9 heteroatoms. The van der Waals surface area contributed by atoms with Gasteiger partial charge in [0, 0.05) is 17.3 Å². The molecule has 0 aliphatic carbocycles. The Bertz CT molecular complexity index is 1180. The highest BCUT2D eigenvalue weighted by Crippen LogP contribution is 2.31. The van der Waals surface area contributed by atoms with Gasteiger partial charge in [-0.2, -0.15) is 0 Å². The summed E-state index contributed by atoms with van der Waals surface area (Å²) in [7, 11) is 0. The lowest BCUT2D eigenvalue weighted by Crippen LogP contribution is -2.40. The smallest absolute Gasteiger partial charge is 0.276 e.